The van der Waals surface area contributed by atoms with Crippen LogP contribution in [0.3, 0.4) is 0 Å². The predicted octanol–water partition coefficient (Wildman–Crippen LogP) is 18.1. The predicted molar refractivity (Wildman–Crippen MR) is 291 cm³/mol. The van der Waals surface area contributed by atoms with E-state index in [1.165, 1.54) is 82.4 Å². The summed E-state index contributed by atoms with van der Waals surface area (Å²) in [4.78, 5) is 2.40. The van der Waals surface area contributed by atoms with Crippen molar-refractivity contribution in [1.82, 2.24) is 4.57 Å². The number of hydrogen-bond donors (Lipinski definition) is 0. The number of hydrogen-bond acceptors (Lipinski definition) is 1. The van der Waals surface area contributed by atoms with E-state index < -0.39 is 0 Å². The van der Waals surface area contributed by atoms with Gasteiger partial charge in [-0.3, -0.25) is 0 Å². The number of nitrogens with zero attached hydrogens (tertiary/aromatic N) is 2. The lowest BCUT2D eigenvalue weighted by molar-refractivity contribution is 0.776. The van der Waals surface area contributed by atoms with Crippen LogP contribution in [0.2, 0.25) is 0 Å². The van der Waals surface area contributed by atoms with E-state index in [9.17, 15) is 0 Å². The van der Waals surface area contributed by atoms with Crippen molar-refractivity contribution in [3.05, 3.63) is 271 Å². The highest BCUT2D eigenvalue weighted by Crippen LogP contribution is 2.44. The van der Waals surface area contributed by atoms with Crippen LogP contribution < -0.4 is 4.90 Å². The fourth-order valence-electron chi connectivity index (χ4n) is 10.8. The largest absolute Gasteiger partial charge is 0.310 e. The molecule has 0 radical (unpaired) electrons. The first-order valence-corrected chi connectivity index (χ1v) is 24.0. The lowest BCUT2D eigenvalue weighted by atomic mass is 9.79. The summed E-state index contributed by atoms with van der Waals surface area (Å²) in [6.07, 6.45) is 3.45. The summed E-state index contributed by atoms with van der Waals surface area (Å²) in [5, 5.41) is 7.53. The molecule has 0 N–H and O–H groups in total. The molecule has 0 aliphatic heterocycles. The van der Waals surface area contributed by atoms with E-state index in [4.69, 9.17) is 0 Å². The fraction of sp³-hybridized carbons (Fsp3) is 0.0448. The van der Waals surface area contributed by atoms with Crippen LogP contribution in [0.25, 0.3) is 88.0 Å². The van der Waals surface area contributed by atoms with Crippen LogP contribution in [0, 0.1) is 12.1 Å². The van der Waals surface area contributed by atoms with Crippen molar-refractivity contribution in [1.29, 1.82) is 0 Å². The van der Waals surface area contributed by atoms with Crippen LogP contribution in [-0.4, -0.2) is 4.57 Å². The summed E-state index contributed by atoms with van der Waals surface area (Å²) in [5.74, 6) is 0.446. The van der Waals surface area contributed by atoms with Crippen LogP contribution in [0.15, 0.2) is 243 Å². The molecule has 69 heavy (non-hydrogen) atoms. The van der Waals surface area contributed by atoms with Crippen LogP contribution in [0.5, 0.6) is 0 Å². The highest BCUT2D eigenvalue weighted by molar-refractivity contribution is 6.10. The minimum absolute atomic E-state index is 0.446. The third-order valence-electron chi connectivity index (χ3n) is 14.3. The van der Waals surface area contributed by atoms with Crippen molar-refractivity contribution in [2.45, 2.75) is 19.3 Å². The Morgan fingerprint density at radius 2 is 1.04 bits per heavy atom. The number of fused-ring (bicyclic) bond motifs is 7. The highest BCUT2D eigenvalue weighted by atomic mass is 15.1. The number of allylic oxidation sites excluding steroid dienone is 1. The second-order valence-corrected chi connectivity index (χ2v) is 18.4. The molecule has 324 valence electrons. The number of benzene rings is 10. The zero-order valence-electron chi connectivity index (χ0n) is 38.3. The van der Waals surface area contributed by atoms with Crippen molar-refractivity contribution in [2.24, 2.45) is 0 Å². The van der Waals surface area contributed by atoms with Crippen LogP contribution in [0.4, 0.5) is 17.1 Å². The maximum Gasteiger partial charge on any atom is 0.105 e. The maximum absolute atomic E-state index is 3.41. The summed E-state index contributed by atoms with van der Waals surface area (Å²) in [7, 11) is 0. The molecule has 2 heteroatoms. The Balaban J connectivity index is 0.876. The van der Waals surface area contributed by atoms with Crippen molar-refractivity contribution in [2.75, 3.05) is 4.90 Å². The molecule has 12 aromatic rings. The molecule has 0 fully saturated rings. The van der Waals surface area contributed by atoms with E-state index in [1.54, 1.807) is 0 Å². The van der Waals surface area contributed by atoms with Gasteiger partial charge in [-0.1, -0.05) is 177 Å². The molecule has 0 bridgehead atoms. The first-order chi connectivity index (χ1) is 34.1. The lowest BCUT2D eigenvalue weighted by Gasteiger charge is -2.28. The molecule has 11 aromatic carbocycles. The van der Waals surface area contributed by atoms with Gasteiger partial charge in [0.15, 0.2) is 0 Å². The van der Waals surface area contributed by atoms with Crippen molar-refractivity contribution in [3.8, 4) is 39.1 Å². The van der Waals surface area contributed by atoms with Gasteiger partial charge >= 0.3 is 0 Å². The third-order valence-corrected chi connectivity index (χ3v) is 14.3. The van der Waals surface area contributed by atoms with Gasteiger partial charge < -0.3 is 9.47 Å². The Morgan fingerprint density at radius 1 is 0.435 bits per heavy atom. The molecule has 1 unspecified atom stereocenters. The minimum Gasteiger partial charge on any atom is -0.310 e. The van der Waals surface area contributed by atoms with Crippen LogP contribution in [0.1, 0.15) is 36.0 Å². The molecule has 1 atom stereocenters. The first kappa shape index (κ1) is 40.4. The van der Waals surface area contributed by atoms with Gasteiger partial charge in [0, 0.05) is 33.5 Å². The topological polar surface area (TPSA) is 8.17 Å². The molecule has 1 aliphatic rings. The molecule has 0 amide bonds. The quantitative estimate of drug-likeness (QED) is 0.148. The number of para-hydroxylation sites is 1. The average molecular weight is 879 g/mol. The highest BCUT2D eigenvalue weighted by Gasteiger charge is 2.23. The number of aromatic nitrogens is 1. The van der Waals surface area contributed by atoms with E-state index in [0.29, 0.717) is 5.92 Å². The molecule has 0 saturated heterocycles. The smallest absolute Gasteiger partial charge is 0.105 e. The SMILES string of the molecule is CC1CC=C(c2cccc(N(c3ccc(-c4ccc(-c5ccc6ccccc6c5)cc4)cc3)c3ccc(-c4ccc5c(c4)c4ccc#cc4n5-c4ccccc4)cc3)c2)c2ccc3ccccc3c21. The Hall–Kier alpha value is -8.90. The molecule has 1 aromatic heterocycles. The summed E-state index contributed by atoms with van der Waals surface area (Å²) < 4.78 is 2.29. The van der Waals surface area contributed by atoms with E-state index in [1.807, 2.05) is 6.07 Å². The molecule has 1 aliphatic carbocycles. The number of anilines is 3. The van der Waals surface area contributed by atoms with Crippen molar-refractivity contribution in [3.63, 3.8) is 0 Å². The Labute approximate surface area is 403 Å². The van der Waals surface area contributed by atoms with E-state index >= 15 is 0 Å². The fourth-order valence-corrected chi connectivity index (χ4v) is 10.8. The summed E-state index contributed by atoms with van der Waals surface area (Å²) in [6, 6.07) is 93.0. The molecular formula is C67H46N2. The van der Waals surface area contributed by atoms with Crippen molar-refractivity contribution < 1.29 is 0 Å². The first-order valence-electron chi connectivity index (χ1n) is 24.0. The van der Waals surface area contributed by atoms with Gasteiger partial charge in [0.1, 0.15) is 5.52 Å². The molecule has 1 heterocycles. The van der Waals surface area contributed by atoms with E-state index in [2.05, 4.69) is 265 Å². The van der Waals surface area contributed by atoms with E-state index in [0.717, 1.165) is 45.8 Å². The van der Waals surface area contributed by atoms with Gasteiger partial charge in [0.25, 0.3) is 0 Å². The van der Waals surface area contributed by atoms with Crippen molar-refractivity contribution >= 4 is 66.0 Å². The summed E-state index contributed by atoms with van der Waals surface area (Å²) >= 11 is 0. The Morgan fingerprint density at radius 3 is 1.80 bits per heavy atom. The minimum atomic E-state index is 0.446. The number of rotatable bonds is 8. The monoisotopic (exact) mass is 878 g/mol. The zero-order chi connectivity index (χ0) is 45.8. The van der Waals surface area contributed by atoms with Crippen LogP contribution >= 0.6 is 0 Å². The molecule has 0 saturated carbocycles. The van der Waals surface area contributed by atoms with Gasteiger partial charge in [-0.2, -0.15) is 0 Å². The van der Waals surface area contributed by atoms with Gasteiger partial charge in [0.05, 0.1) is 5.52 Å². The zero-order valence-corrected chi connectivity index (χ0v) is 38.3. The molecular weight excluding hydrogens is 833 g/mol. The van der Waals surface area contributed by atoms with Gasteiger partial charge in [0.2, 0.25) is 0 Å². The Kier molecular flexibility index (Phi) is 9.81. The molecule has 0 spiro atoms. The van der Waals surface area contributed by atoms with Crippen LogP contribution in [-0.2, 0) is 0 Å². The Bertz CT molecular complexity index is 3910. The summed E-state index contributed by atoms with van der Waals surface area (Å²) in [5.41, 5.74) is 19.0. The normalized spacial score (nSPS) is 13.3. The third kappa shape index (κ3) is 7.16. The second kappa shape index (κ2) is 16.8. The second-order valence-electron chi connectivity index (χ2n) is 18.4. The summed E-state index contributed by atoms with van der Waals surface area (Å²) in [6.45, 7) is 2.36. The van der Waals surface area contributed by atoms with Gasteiger partial charge in [-0.05, 0) is 174 Å². The van der Waals surface area contributed by atoms with Gasteiger partial charge in [-0.25, -0.2) is 0 Å². The maximum atomic E-state index is 3.41. The van der Waals surface area contributed by atoms with E-state index in [-0.39, 0.29) is 0 Å². The average Bonchev–Trinajstić information content (AvgIpc) is 3.75. The lowest BCUT2D eigenvalue weighted by Crippen LogP contribution is -2.11. The standard InChI is InChI=1S/C67H46N2/c1-45-22-39-60(63-40-33-51-13-7-8-19-61(51)67(45)63)55-15-11-18-59(43-55)68(57-35-29-48(30-36-57)47-23-25-49(26-24-47)53-28-27-46-12-5-6-14-52(46)42-53)58-37-31-50(32-38-58)54-34-41-66-64(44-54)62-20-9-10-21-65(62)69(66)56-16-3-2-4-17-56/h2-9,11-20,23-45H,22H2,1H3. The molecule has 2 nitrogen and oxygen atoms in total. The van der Waals surface area contributed by atoms with Gasteiger partial charge in [-0.15, -0.1) is 0 Å². The molecule has 13 rings (SSSR count).